The van der Waals surface area contributed by atoms with Gasteiger partial charge in [-0.1, -0.05) is 12.8 Å². The second kappa shape index (κ2) is 6.36. The Morgan fingerprint density at radius 2 is 2.12 bits per heavy atom. The van der Waals surface area contributed by atoms with Gasteiger partial charge in [0.2, 0.25) is 0 Å². The highest BCUT2D eigenvalue weighted by Gasteiger charge is 2.27. The van der Waals surface area contributed by atoms with E-state index in [1.807, 2.05) is 0 Å². The summed E-state index contributed by atoms with van der Waals surface area (Å²) < 4.78 is 5.60. The van der Waals surface area contributed by atoms with Gasteiger partial charge in [-0.15, -0.1) is 0 Å². The van der Waals surface area contributed by atoms with Gasteiger partial charge in [0.25, 0.3) is 0 Å². The smallest absolute Gasteiger partial charge is 0.320 e. The van der Waals surface area contributed by atoms with Crippen LogP contribution in [0.15, 0.2) is 0 Å². The molecule has 2 unspecified atom stereocenters. The van der Waals surface area contributed by atoms with E-state index in [0.29, 0.717) is 6.10 Å². The minimum Gasteiger partial charge on any atom is -0.480 e. The highest BCUT2D eigenvalue weighted by molar-refractivity contribution is 5.73. The van der Waals surface area contributed by atoms with Gasteiger partial charge in [-0.3, -0.25) is 9.69 Å². The lowest BCUT2D eigenvalue weighted by Crippen LogP contribution is -2.42. The van der Waals surface area contributed by atoms with Crippen molar-refractivity contribution >= 4 is 5.97 Å². The van der Waals surface area contributed by atoms with Crippen LogP contribution in [0, 0.1) is 0 Å². The standard InChI is InChI=1S/C13H23NO3/c15-13(16)12-6-2-1-3-8-14(12)9-7-11-5-4-10-17-11/h11-12H,1-10H2,(H,15,16). The number of hydrogen-bond donors (Lipinski definition) is 1. The lowest BCUT2D eigenvalue weighted by Gasteiger charge is -2.27. The third-order valence-corrected chi connectivity index (χ3v) is 3.91. The third-order valence-electron chi connectivity index (χ3n) is 3.91. The van der Waals surface area contributed by atoms with Crippen LogP contribution in [0.4, 0.5) is 0 Å². The van der Waals surface area contributed by atoms with Gasteiger partial charge in [0.1, 0.15) is 6.04 Å². The van der Waals surface area contributed by atoms with Crippen LogP contribution in [0.3, 0.4) is 0 Å². The third kappa shape index (κ3) is 3.68. The molecule has 4 heteroatoms. The Hall–Kier alpha value is -0.610. The molecule has 0 radical (unpaired) electrons. The molecule has 0 saturated carbocycles. The van der Waals surface area contributed by atoms with E-state index in [1.165, 1.54) is 6.42 Å². The van der Waals surface area contributed by atoms with Crippen LogP contribution in [-0.2, 0) is 9.53 Å². The molecule has 0 aromatic heterocycles. The number of carboxylic acids is 1. The van der Waals surface area contributed by atoms with Gasteiger partial charge < -0.3 is 9.84 Å². The van der Waals surface area contributed by atoms with Crippen molar-refractivity contribution in [2.24, 2.45) is 0 Å². The van der Waals surface area contributed by atoms with Crippen molar-refractivity contribution in [2.75, 3.05) is 19.7 Å². The van der Waals surface area contributed by atoms with Crippen molar-refractivity contribution in [2.45, 2.75) is 57.1 Å². The number of aliphatic carboxylic acids is 1. The molecule has 17 heavy (non-hydrogen) atoms. The largest absolute Gasteiger partial charge is 0.480 e. The van der Waals surface area contributed by atoms with Crippen LogP contribution < -0.4 is 0 Å². The van der Waals surface area contributed by atoms with Crippen LogP contribution in [-0.4, -0.2) is 47.8 Å². The number of carbonyl (C=O) groups is 1. The SMILES string of the molecule is O=C(O)C1CCCCCN1CCC1CCCO1. The number of rotatable bonds is 4. The first-order valence-electron chi connectivity index (χ1n) is 6.86. The van der Waals surface area contributed by atoms with Crippen LogP contribution in [0.5, 0.6) is 0 Å². The Balaban J connectivity index is 1.83. The van der Waals surface area contributed by atoms with Gasteiger partial charge in [0, 0.05) is 13.2 Å². The average molecular weight is 241 g/mol. The molecule has 4 nitrogen and oxygen atoms in total. The maximum atomic E-state index is 11.2. The molecule has 2 heterocycles. The lowest BCUT2D eigenvalue weighted by molar-refractivity contribution is -0.143. The summed E-state index contributed by atoms with van der Waals surface area (Å²) in [6.07, 6.45) is 7.82. The zero-order valence-electron chi connectivity index (χ0n) is 10.4. The second-order valence-corrected chi connectivity index (χ2v) is 5.16. The average Bonchev–Trinajstić information content (AvgIpc) is 2.70. The quantitative estimate of drug-likeness (QED) is 0.816. The fourth-order valence-corrected chi connectivity index (χ4v) is 2.90. The predicted octanol–water partition coefficient (Wildman–Crippen LogP) is 1.88. The molecule has 2 saturated heterocycles. The summed E-state index contributed by atoms with van der Waals surface area (Å²) in [5.74, 6) is -0.653. The molecular weight excluding hydrogens is 218 g/mol. The summed E-state index contributed by atoms with van der Waals surface area (Å²) in [4.78, 5) is 13.4. The Morgan fingerprint density at radius 1 is 1.24 bits per heavy atom. The second-order valence-electron chi connectivity index (χ2n) is 5.16. The molecule has 0 bridgehead atoms. The molecular formula is C13H23NO3. The fraction of sp³-hybridized carbons (Fsp3) is 0.923. The Kier molecular flexibility index (Phi) is 4.80. The van der Waals surface area contributed by atoms with Gasteiger partial charge in [0.15, 0.2) is 0 Å². The molecule has 98 valence electrons. The first-order chi connectivity index (χ1) is 8.27. The summed E-state index contributed by atoms with van der Waals surface area (Å²) in [6.45, 7) is 2.69. The van der Waals surface area contributed by atoms with Gasteiger partial charge in [-0.25, -0.2) is 0 Å². The molecule has 2 fully saturated rings. The van der Waals surface area contributed by atoms with Crippen molar-refractivity contribution in [1.29, 1.82) is 0 Å². The first kappa shape index (κ1) is 12.8. The Bertz CT molecular complexity index is 251. The maximum absolute atomic E-state index is 11.2. The van der Waals surface area contributed by atoms with Crippen molar-refractivity contribution in [3.8, 4) is 0 Å². The van der Waals surface area contributed by atoms with Gasteiger partial charge in [0.05, 0.1) is 6.10 Å². The minimum absolute atomic E-state index is 0.265. The summed E-state index contributed by atoms with van der Waals surface area (Å²) >= 11 is 0. The number of ether oxygens (including phenoxy) is 1. The topological polar surface area (TPSA) is 49.8 Å². The monoisotopic (exact) mass is 241 g/mol. The highest BCUT2D eigenvalue weighted by Crippen LogP contribution is 2.20. The first-order valence-corrected chi connectivity index (χ1v) is 6.86. The van der Waals surface area contributed by atoms with E-state index < -0.39 is 5.97 Å². The number of hydrogen-bond acceptors (Lipinski definition) is 3. The van der Waals surface area contributed by atoms with Crippen LogP contribution in [0.1, 0.15) is 44.9 Å². The summed E-state index contributed by atoms with van der Waals surface area (Å²) in [6, 6.07) is -0.265. The normalized spacial score (nSPS) is 31.3. The molecule has 0 aromatic carbocycles. The number of carboxylic acid groups (broad SMARTS) is 1. The lowest BCUT2D eigenvalue weighted by atomic mass is 10.1. The number of nitrogens with zero attached hydrogens (tertiary/aromatic N) is 1. The minimum atomic E-state index is -0.653. The molecule has 0 amide bonds. The summed E-state index contributed by atoms with van der Waals surface area (Å²) in [5.41, 5.74) is 0. The maximum Gasteiger partial charge on any atom is 0.320 e. The molecule has 2 aliphatic heterocycles. The number of likely N-dealkylation sites (tertiary alicyclic amines) is 1. The van der Waals surface area contributed by atoms with Crippen molar-refractivity contribution in [3.05, 3.63) is 0 Å². The van der Waals surface area contributed by atoms with Gasteiger partial charge in [-0.2, -0.15) is 0 Å². The van der Waals surface area contributed by atoms with E-state index in [4.69, 9.17) is 4.74 Å². The van der Waals surface area contributed by atoms with E-state index in [1.54, 1.807) is 0 Å². The molecule has 0 aromatic rings. The fourth-order valence-electron chi connectivity index (χ4n) is 2.90. The Morgan fingerprint density at radius 3 is 2.82 bits per heavy atom. The zero-order valence-corrected chi connectivity index (χ0v) is 10.4. The van der Waals surface area contributed by atoms with E-state index in [2.05, 4.69) is 4.90 Å². The molecule has 2 atom stereocenters. The van der Waals surface area contributed by atoms with E-state index >= 15 is 0 Å². The van der Waals surface area contributed by atoms with E-state index in [0.717, 1.165) is 58.2 Å². The van der Waals surface area contributed by atoms with Crippen molar-refractivity contribution < 1.29 is 14.6 Å². The molecule has 2 rings (SSSR count). The van der Waals surface area contributed by atoms with Gasteiger partial charge >= 0.3 is 5.97 Å². The predicted molar refractivity (Wildman–Crippen MR) is 65.1 cm³/mol. The molecule has 0 spiro atoms. The molecule has 0 aliphatic carbocycles. The summed E-state index contributed by atoms with van der Waals surface area (Å²) in [5, 5.41) is 9.25. The Labute approximate surface area is 103 Å². The highest BCUT2D eigenvalue weighted by atomic mass is 16.5. The van der Waals surface area contributed by atoms with Crippen LogP contribution in [0.25, 0.3) is 0 Å². The zero-order chi connectivity index (χ0) is 12.1. The van der Waals surface area contributed by atoms with E-state index in [-0.39, 0.29) is 6.04 Å². The van der Waals surface area contributed by atoms with Crippen molar-refractivity contribution in [1.82, 2.24) is 4.90 Å². The summed E-state index contributed by atoms with van der Waals surface area (Å²) in [7, 11) is 0. The molecule has 2 aliphatic rings. The molecule has 1 N–H and O–H groups in total. The van der Waals surface area contributed by atoms with Crippen LogP contribution in [0.2, 0.25) is 0 Å². The van der Waals surface area contributed by atoms with Gasteiger partial charge in [-0.05, 0) is 38.6 Å². The van der Waals surface area contributed by atoms with Crippen molar-refractivity contribution in [3.63, 3.8) is 0 Å². The van der Waals surface area contributed by atoms with Crippen LogP contribution >= 0.6 is 0 Å². The van der Waals surface area contributed by atoms with E-state index in [9.17, 15) is 9.90 Å².